The summed E-state index contributed by atoms with van der Waals surface area (Å²) in [5, 5.41) is 17.5. The van der Waals surface area contributed by atoms with Gasteiger partial charge < -0.3 is 20.5 Å². The summed E-state index contributed by atoms with van der Waals surface area (Å²) in [6.07, 6.45) is 3.52. The fourth-order valence-electron chi connectivity index (χ4n) is 2.60. The van der Waals surface area contributed by atoms with Crippen LogP contribution in [-0.4, -0.2) is 46.8 Å². The number of aryl methyl sites for hydroxylation is 1. The first kappa shape index (κ1) is 20.4. The highest BCUT2D eigenvalue weighted by Crippen LogP contribution is 2.05. The summed E-state index contributed by atoms with van der Waals surface area (Å²) in [5.74, 6) is 1.64. The molecule has 3 N–H and O–H groups in total. The van der Waals surface area contributed by atoms with Crippen molar-refractivity contribution in [3.8, 4) is 0 Å². The van der Waals surface area contributed by atoms with Crippen LogP contribution in [0.15, 0.2) is 35.6 Å². The Bertz CT molecular complexity index is 754. The molecule has 0 radical (unpaired) electrons. The third-order valence-electron chi connectivity index (χ3n) is 4.07. The van der Waals surface area contributed by atoms with E-state index in [4.69, 9.17) is 0 Å². The van der Waals surface area contributed by atoms with Crippen molar-refractivity contribution in [3.63, 3.8) is 0 Å². The molecule has 8 heteroatoms. The van der Waals surface area contributed by atoms with E-state index in [9.17, 15) is 4.79 Å². The maximum Gasteiger partial charge on any atom is 0.251 e. The van der Waals surface area contributed by atoms with Crippen molar-refractivity contribution < 1.29 is 4.79 Å². The average molecular weight is 371 g/mol. The summed E-state index contributed by atoms with van der Waals surface area (Å²) in [6, 6.07) is 7.61. The van der Waals surface area contributed by atoms with Crippen molar-refractivity contribution in [1.29, 1.82) is 0 Å². The lowest BCUT2D eigenvalue weighted by molar-refractivity contribution is 0.0953. The van der Waals surface area contributed by atoms with Gasteiger partial charge in [-0.1, -0.05) is 26.0 Å². The number of carbonyl (C=O) groups excluding carboxylic acids is 1. The standard InChI is InChI=1S/C19H29N7O/c1-4-9-21-18(27)16-8-6-7-15(12-16)13-23-19(20-3)22-10-11-26-14-24-25-17(26)5-2/h6-8,12,14H,4-5,9-11,13H2,1-3H3,(H,21,27)(H2,20,22,23). The van der Waals surface area contributed by atoms with Crippen molar-refractivity contribution in [2.45, 2.75) is 39.8 Å². The van der Waals surface area contributed by atoms with Crippen molar-refractivity contribution in [3.05, 3.63) is 47.5 Å². The Morgan fingerprint density at radius 2 is 2.04 bits per heavy atom. The highest BCUT2D eigenvalue weighted by Gasteiger charge is 2.06. The lowest BCUT2D eigenvalue weighted by atomic mass is 10.1. The lowest BCUT2D eigenvalue weighted by Gasteiger charge is -2.13. The van der Waals surface area contributed by atoms with Crippen LogP contribution in [0.2, 0.25) is 0 Å². The van der Waals surface area contributed by atoms with Crippen LogP contribution in [0.25, 0.3) is 0 Å². The number of guanidine groups is 1. The van der Waals surface area contributed by atoms with E-state index in [1.54, 1.807) is 13.4 Å². The molecule has 0 spiro atoms. The summed E-state index contributed by atoms with van der Waals surface area (Å²) < 4.78 is 2.03. The zero-order valence-corrected chi connectivity index (χ0v) is 16.3. The molecule has 2 rings (SSSR count). The van der Waals surface area contributed by atoms with Crippen molar-refractivity contribution in [2.75, 3.05) is 20.1 Å². The fraction of sp³-hybridized carbons (Fsp3) is 0.474. The second kappa shape index (κ2) is 10.9. The molecule has 1 aromatic heterocycles. The molecular formula is C19H29N7O. The number of aliphatic imine (C=N–C) groups is 1. The van der Waals surface area contributed by atoms with E-state index in [1.807, 2.05) is 35.8 Å². The van der Waals surface area contributed by atoms with Gasteiger partial charge in [0.1, 0.15) is 12.2 Å². The van der Waals surface area contributed by atoms with E-state index in [-0.39, 0.29) is 5.91 Å². The topological polar surface area (TPSA) is 96.2 Å². The van der Waals surface area contributed by atoms with Gasteiger partial charge in [0.15, 0.2) is 5.96 Å². The molecule has 146 valence electrons. The van der Waals surface area contributed by atoms with E-state index < -0.39 is 0 Å². The maximum atomic E-state index is 12.1. The summed E-state index contributed by atoms with van der Waals surface area (Å²) in [6.45, 7) is 6.84. The monoisotopic (exact) mass is 371 g/mol. The van der Waals surface area contributed by atoms with E-state index in [0.29, 0.717) is 31.2 Å². The molecular weight excluding hydrogens is 342 g/mol. The number of hydrogen-bond acceptors (Lipinski definition) is 4. The summed E-state index contributed by atoms with van der Waals surface area (Å²) in [5.41, 5.74) is 1.69. The molecule has 0 fully saturated rings. The third kappa shape index (κ3) is 6.40. The molecule has 0 saturated carbocycles. The van der Waals surface area contributed by atoms with Crippen LogP contribution in [0.3, 0.4) is 0 Å². The van der Waals surface area contributed by atoms with Crippen LogP contribution in [0.1, 0.15) is 42.0 Å². The van der Waals surface area contributed by atoms with E-state index >= 15 is 0 Å². The Labute approximate surface area is 160 Å². The van der Waals surface area contributed by atoms with E-state index in [2.05, 4.69) is 38.1 Å². The Hall–Kier alpha value is -2.90. The minimum absolute atomic E-state index is 0.0399. The first-order valence-electron chi connectivity index (χ1n) is 9.36. The molecule has 0 unspecified atom stereocenters. The Balaban J connectivity index is 1.82. The van der Waals surface area contributed by atoms with Crippen LogP contribution in [0.5, 0.6) is 0 Å². The molecule has 1 heterocycles. The van der Waals surface area contributed by atoms with Gasteiger partial charge in [-0.3, -0.25) is 9.79 Å². The Morgan fingerprint density at radius 1 is 1.19 bits per heavy atom. The van der Waals surface area contributed by atoms with Gasteiger partial charge in [-0.25, -0.2) is 0 Å². The van der Waals surface area contributed by atoms with Crippen LogP contribution < -0.4 is 16.0 Å². The number of rotatable bonds is 9. The summed E-state index contributed by atoms with van der Waals surface area (Å²) in [7, 11) is 1.74. The molecule has 2 aromatic rings. The fourth-order valence-corrected chi connectivity index (χ4v) is 2.60. The SMILES string of the molecule is CCCNC(=O)c1cccc(CNC(=NC)NCCn2cnnc2CC)c1. The predicted molar refractivity (Wildman–Crippen MR) is 107 cm³/mol. The predicted octanol–water partition coefficient (Wildman–Crippen LogP) is 1.35. The molecule has 0 bridgehead atoms. The normalized spacial score (nSPS) is 11.3. The van der Waals surface area contributed by atoms with Crippen LogP contribution in [0.4, 0.5) is 0 Å². The van der Waals surface area contributed by atoms with Gasteiger partial charge >= 0.3 is 0 Å². The highest BCUT2D eigenvalue weighted by molar-refractivity contribution is 5.94. The number of carbonyl (C=O) groups is 1. The number of nitrogens with one attached hydrogen (secondary N) is 3. The maximum absolute atomic E-state index is 12.1. The van der Waals surface area contributed by atoms with Gasteiger partial charge in [0.05, 0.1) is 0 Å². The van der Waals surface area contributed by atoms with Gasteiger partial charge in [0.25, 0.3) is 5.91 Å². The smallest absolute Gasteiger partial charge is 0.251 e. The van der Waals surface area contributed by atoms with Crippen LogP contribution >= 0.6 is 0 Å². The molecule has 1 aromatic carbocycles. The van der Waals surface area contributed by atoms with Crippen LogP contribution in [-0.2, 0) is 19.5 Å². The molecule has 0 aliphatic carbocycles. The average Bonchev–Trinajstić information content (AvgIpc) is 3.16. The Morgan fingerprint density at radius 3 is 2.78 bits per heavy atom. The number of aromatic nitrogens is 3. The minimum atomic E-state index is -0.0399. The molecule has 8 nitrogen and oxygen atoms in total. The zero-order valence-electron chi connectivity index (χ0n) is 16.3. The second-order valence-corrected chi connectivity index (χ2v) is 6.10. The van der Waals surface area contributed by atoms with Gasteiger partial charge in [-0.2, -0.15) is 0 Å². The van der Waals surface area contributed by atoms with E-state index in [1.165, 1.54) is 0 Å². The van der Waals surface area contributed by atoms with Crippen molar-refractivity contribution >= 4 is 11.9 Å². The van der Waals surface area contributed by atoms with Gasteiger partial charge in [-0.05, 0) is 24.1 Å². The number of nitrogens with zero attached hydrogens (tertiary/aromatic N) is 4. The molecule has 0 aliphatic heterocycles. The molecule has 0 aliphatic rings. The lowest BCUT2D eigenvalue weighted by Crippen LogP contribution is -2.38. The number of amides is 1. The summed E-state index contributed by atoms with van der Waals surface area (Å²) >= 11 is 0. The van der Waals surface area contributed by atoms with Gasteiger partial charge in [0.2, 0.25) is 0 Å². The zero-order chi connectivity index (χ0) is 19.5. The first-order chi connectivity index (χ1) is 13.2. The van der Waals surface area contributed by atoms with Gasteiger partial charge in [0, 0.05) is 45.2 Å². The Kier molecular flexibility index (Phi) is 8.28. The largest absolute Gasteiger partial charge is 0.355 e. The van der Waals surface area contributed by atoms with Gasteiger partial charge in [-0.15, -0.1) is 10.2 Å². The van der Waals surface area contributed by atoms with E-state index in [0.717, 1.165) is 30.8 Å². The van der Waals surface area contributed by atoms with Crippen molar-refractivity contribution in [2.24, 2.45) is 4.99 Å². The number of benzene rings is 1. The second-order valence-electron chi connectivity index (χ2n) is 6.10. The summed E-state index contributed by atoms with van der Waals surface area (Å²) in [4.78, 5) is 16.3. The first-order valence-corrected chi connectivity index (χ1v) is 9.36. The highest BCUT2D eigenvalue weighted by atomic mass is 16.1. The molecule has 0 atom stereocenters. The number of hydrogen-bond donors (Lipinski definition) is 3. The quantitative estimate of drug-likeness (QED) is 0.457. The molecule has 0 saturated heterocycles. The third-order valence-corrected chi connectivity index (χ3v) is 4.07. The molecule has 27 heavy (non-hydrogen) atoms. The minimum Gasteiger partial charge on any atom is -0.355 e. The van der Waals surface area contributed by atoms with Crippen molar-refractivity contribution in [1.82, 2.24) is 30.7 Å². The molecule has 1 amide bonds. The van der Waals surface area contributed by atoms with Crippen LogP contribution in [0, 0.1) is 0 Å².